The molecule has 0 unspecified atom stereocenters. The third-order valence-electron chi connectivity index (χ3n) is 4.78. The fourth-order valence-electron chi connectivity index (χ4n) is 3.42. The van der Waals surface area contributed by atoms with Crippen LogP contribution in [0.4, 0.5) is 11.5 Å². The van der Waals surface area contributed by atoms with Crippen LogP contribution in [0, 0.1) is 0 Å². The molecule has 1 aliphatic rings. The summed E-state index contributed by atoms with van der Waals surface area (Å²) in [6.07, 6.45) is 6.63. The Morgan fingerprint density at radius 2 is 1.69 bits per heavy atom. The molecule has 3 heterocycles. The first-order chi connectivity index (χ1) is 12.8. The summed E-state index contributed by atoms with van der Waals surface area (Å²) in [5.74, 6) is 0.676. The van der Waals surface area contributed by atoms with E-state index in [0.29, 0.717) is 11.4 Å². The first-order valence-electron chi connectivity index (χ1n) is 9.18. The summed E-state index contributed by atoms with van der Waals surface area (Å²) in [5, 5.41) is 3.96. The van der Waals surface area contributed by atoms with Gasteiger partial charge in [0, 0.05) is 24.7 Å². The van der Waals surface area contributed by atoms with Crippen molar-refractivity contribution in [3.63, 3.8) is 0 Å². The second kappa shape index (κ2) is 7.52. The van der Waals surface area contributed by atoms with Gasteiger partial charge in [0.25, 0.3) is 5.91 Å². The summed E-state index contributed by atoms with van der Waals surface area (Å²) in [7, 11) is 0. The Morgan fingerprint density at radius 1 is 0.923 bits per heavy atom. The lowest BCUT2D eigenvalue weighted by Gasteiger charge is -2.21. The minimum atomic E-state index is -0.208. The van der Waals surface area contributed by atoms with Gasteiger partial charge in [-0.2, -0.15) is 0 Å². The van der Waals surface area contributed by atoms with E-state index < -0.39 is 0 Å². The lowest BCUT2D eigenvalue weighted by Crippen LogP contribution is -2.26. The number of nitrogens with zero attached hydrogens (tertiary/aromatic N) is 3. The third-order valence-corrected chi connectivity index (χ3v) is 4.78. The smallest absolute Gasteiger partial charge is 0.274 e. The van der Waals surface area contributed by atoms with Crippen LogP contribution in [0.15, 0.2) is 54.7 Å². The van der Waals surface area contributed by atoms with Crippen molar-refractivity contribution in [2.45, 2.75) is 25.7 Å². The minimum Gasteiger partial charge on any atom is -0.357 e. The Balaban J connectivity index is 1.57. The number of carbonyl (C=O) groups is 1. The van der Waals surface area contributed by atoms with E-state index in [1.165, 1.54) is 25.7 Å². The van der Waals surface area contributed by atoms with Crippen LogP contribution in [0.3, 0.4) is 0 Å². The number of para-hydroxylation sites is 1. The van der Waals surface area contributed by atoms with E-state index in [1.54, 1.807) is 12.3 Å². The summed E-state index contributed by atoms with van der Waals surface area (Å²) < 4.78 is 0. The highest BCUT2D eigenvalue weighted by Crippen LogP contribution is 2.22. The second-order valence-corrected chi connectivity index (χ2v) is 6.62. The molecule has 26 heavy (non-hydrogen) atoms. The van der Waals surface area contributed by atoms with E-state index in [2.05, 4.69) is 20.2 Å². The zero-order valence-corrected chi connectivity index (χ0v) is 14.7. The van der Waals surface area contributed by atoms with Crippen LogP contribution in [0.2, 0.25) is 0 Å². The molecular weight excluding hydrogens is 324 g/mol. The van der Waals surface area contributed by atoms with Crippen LogP contribution in [0.25, 0.3) is 10.9 Å². The molecule has 0 radical (unpaired) electrons. The van der Waals surface area contributed by atoms with E-state index in [0.717, 1.165) is 29.8 Å². The van der Waals surface area contributed by atoms with Crippen LogP contribution >= 0.6 is 0 Å². The quantitative estimate of drug-likeness (QED) is 0.770. The van der Waals surface area contributed by atoms with Gasteiger partial charge in [-0.15, -0.1) is 0 Å². The Kier molecular flexibility index (Phi) is 4.78. The average molecular weight is 346 g/mol. The Bertz CT molecular complexity index is 911. The van der Waals surface area contributed by atoms with Crippen molar-refractivity contribution in [1.29, 1.82) is 0 Å². The van der Waals surface area contributed by atoms with Gasteiger partial charge in [0.15, 0.2) is 0 Å². The Labute approximate surface area is 153 Å². The highest BCUT2D eigenvalue weighted by atomic mass is 16.1. The van der Waals surface area contributed by atoms with Crippen molar-refractivity contribution >= 4 is 28.3 Å². The van der Waals surface area contributed by atoms with Crippen molar-refractivity contribution in [2.75, 3.05) is 23.3 Å². The first kappa shape index (κ1) is 16.5. The summed E-state index contributed by atoms with van der Waals surface area (Å²) in [5.41, 5.74) is 1.92. The zero-order valence-electron chi connectivity index (χ0n) is 14.7. The van der Waals surface area contributed by atoms with Gasteiger partial charge in [-0.3, -0.25) is 9.78 Å². The fourth-order valence-corrected chi connectivity index (χ4v) is 3.42. The van der Waals surface area contributed by atoms with Gasteiger partial charge in [0.05, 0.1) is 11.2 Å². The summed E-state index contributed by atoms with van der Waals surface area (Å²) in [6.45, 7) is 2.01. The molecule has 1 saturated heterocycles. The normalized spacial score (nSPS) is 14.8. The number of hydrogen-bond acceptors (Lipinski definition) is 4. The molecule has 2 aromatic heterocycles. The largest absolute Gasteiger partial charge is 0.357 e. The predicted octanol–water partition coefficient (Wildman–Crippen LogP) is 4.26. The lowest BCUT2D eigenvalue weighted by molar-refractivity contribution is 0.102. The van der Waals surface area contributed by atoms with Crippen molar-refractivity contribution < 1.29 is 4.79 Å². The Morgan fingerprint density at radius 3 is 2.54 bits per heavy atom. The number of nitrogens with one attached hydrogen (secondary N) is 1. The maximum Gasteiger partial charge on any atom is 0.274 e. The molecule has 132 valence electrons. The second-order valence-electron chi connectivity index (χ2n) is 6.62. The first-order valence-corrected chi connectivity index (χ1v) is 9.18. The summed E-state index contributed by atoms with van der Waals surface area (Å²) in [4.78, 5) is 24.0. The van der Waals surface area contributed by atoms with Crippen LogP contribution < -0.4 is 10.2 Å². The van der Waals surface area contributed by atoms with E-state index in [1.807, 2.05) is 42.5 Å². The molecule has 4 rings (SSSR count). The molecule has 0 saturated carbocycles. The average Bonchev–Trinajstić information content (AvgIpc) is 2.98. The maximum absolute atomic E-state index is 12.7. The van der Waals surface area contributed by atoms with Crippen molar-refractivity contribution in [2.24, 2.45) is 0 Å². The number of aromatic nitrogens is 2. The maximum atomic E-state index is 12.7. The standard InChI is InChI=1S/C21H22N4O/c26-21(24-17-10-5-8-16-9-7-13-22-20(16)17)18-11-6-12-19(23-18)25-14-3-1-2-4-15-25/h5-13H,1-4,14-15H2,(H,24,26). The number of hydrogen-bond donors (Lipinski definition) is 1. The van der Waals surface area contributed by atoms with Crippen LogP contribution in [0.5, 0.6) is 0 Å². The van der Waals surface area contributed by atoms with Crippen molar-refractivity contribution in [3.05, 3.63) is 60.4 Å². The number of pyridine rings is 2. The summed E-state index contributed by atoms with van der Waals surface area (Å²) >= 11 is 0. The number of fused-ring (bicyclic) bond motifs is 1. The number of benzene rings is 1. The van der Waals surface area contributed by atoms with Crippen LogP contribution in [0.1, 0.15) is 36.2 Å². The molecule has 1 aromatic carbocycles. The van der Waals surface area contributed by atoms with Gasteiger partial charge in [-0.1, -0.05) is 37.1 Å². The van der Waals surface area contributed by atoms with Crippen LogP contribution in [-0.4, -0.2) is 29.0 Å². The SMILES string of the molecule is O=C(Nc1cccc2cccnc12)c1cccc(N2CCCCCC2)n1. The molecule has 1 fully saturated rings. The predicted molar refractivity (Wildman–Crippen MR) is 105 cm³/mol. The van der Waals surface area contributed by atoms with Gasteiger partial charge >= 0.3 is 0 Å². The van der Waals surface area contributed by atoms with Gasteiger partial charge in [0.1, 0.15) is 11.5 Å². The number of anilines is 2. The fraction of sp³-hybridized carbons (Fsp3) is 0.286. The number of carbonyl (C=O) groups excluding carboxylic acids is 1. The molecule has 1 aliphatic heterocycles. The highest BCUT2D eigenvalue weighted by molar-refractivity contribution is 6.07. The Hall–Kier alpha value is -2.95. The lowest BCUT2D eigenvalue weighted by atomic mass is 10.2. The number of rotatable bonds is 3. The molecule has 1 N–H and O–H groups in total. The van der Waals surface area contributed by atoms with E-state index in [4.69, 9.17) is 0 Å². The van der Waals surface area contributed by atoms with Crippen molar-refractivity contribution in [1.82, 2.24) is 9.97 Å². The van der Waals surface area contributed by atoms with Gasteiger partial charge in [-0.05, 0) is 37.1 Å². The topological polar surface area (TPSA) is 58.1 Å². The van der Waals surface area contributed by atoms with E-state index >= 15 is 0 Å². The summed E-state index contributed by atoms with van der Waals surface area (Å²) in [6, 6.07) is 15.3. The van der Waals surface area contributed by atoms with E-state index in [-0.39, 0.29) is 5.91 Å². The third kappa shape index (κ3) is 3.52. The molecule has 3 aromatic rings. The molecule has 0 aliphatic carbocycles. The van der Waals surface area contributed by atoms with Gasteiger partial charge < -0.3 is 10.2 Å². The highest BCUT2D eigenvalue weighted by Gasteiger charge is 2.15. The number of amides is 1. The molecule has 5 heteroatoms. The monoisotopic (exact) mass is 346 g/mol. The molecule has 5 nitrogen and oxygen atoms in total. The van der Waals surface area contributed by atoms with Gasteiger partial charge in [-0.25, -0.2) is 4.98 Å². The molecule has 0 atom stereocenters. The van der Waals surface area contributed by atoms with E-state index in [9.17, 15) is 4.79 Å². The van der Waals surface area contributed by atoms with Crippen LogP contribution in [-0.2, 0) is 0 Å². The minimum absolute atomic E-state index is 0.208. The zero-order chi connectivity index (χ0) is 17.8. The van der Waals surface area contributed by atoms with Gasteiger partial charge in [0.2, 0.25) is 0 Å². The molecule has 0 spiro atoms. The van der Waals surface area contributed by atoms with Crippen molar-refractivity contribution in [3.8, 4) is 0 Å². The molecule has 0 bridgehead atoms. The molecular formula is C21H22N4O. The molecule has 1 amide bonds.